The van der Waals surface area contributed by atoms with E-state index < -0.39 is 0 Å². The Balaban J connectivity index is 2.12. The molecular weight excluding hydrogens is 128 g/mol. The number of rotatable bonds is 0. The molecule has 56 valence electrons. The van der Waals surface area contributed by atoms with Crippen LogP contribution in [0.25, 0.3) is 0 Å². The number of fused-ring (bicyclic) bond motifs is 2. The Labute approximate surface area is 60.6 Å². The Kier molecular flexibility index (Phi) is 1.49. The second kappa shape index (κ2) is 2.35. The molecule has 2 nitrogen and oxygen atoms in total. The van der Waals surface area contributed by atoms with E-state index in [1.807, 2.05) is 0 Å². The molecule has 0 unspecified atom stereocenters. The minimum Gasteiger partial charge on any atom is -0.380 e. The van der Waals surface area contributed by atoms with Crippen molar-refractivity contribution in [3.05, 3.63) is 0 Å². The van der Waals surface area contributed by atoms with E-state index in [-0.39, 0.29) is 11.8 Å². The number of hydrogen-bond acceptors (Lipinski definition) is 2. The Morgan fingerprint density at radius 2 is 1.80 bits per heavy atom. The Hall–Kier alpha value is -0.370. The third-order valence-corrected chi connectivity index (χ3v) is 2.55. The molecule has 0 aromatic heterocycles. The van der Waals surface area contributed by atoms with Crippen molar-refractivity contribution >= 4 is 5.78 Å². The largest absolute Gasteiger partial charge is 0.380 e. The van der Waals surface area contributed by atoms with Crippen molar-refractivity contribution in [1.29, 1.82) is 0 Å². The molecule has 1 saturated carbocycles. The number of Topliss-reactive ketones (excluding diaryl/α,β-unsaturated/α-hetero) is 1. The summed E-state index contributed by atoms with van der Waals surface area (Å²) >= 11 is 0. The first-order valence-corrected chi connectivity index (χ1v) is 3.99. The smallest absolute Gasteiger partial charge is 0.143 e. The van der Waals surface area contributed by atoms with Gasteiger partial charge in [0.15, 0.2) is 0 Å². The summed E-state index contributed by atoms with van der Waals surface area (Å²) in [6.45, 7) is 1.38. The van der Waals surface area contributed by atoms with E-state index in [1.54, 1.807) is 0 Å². The third-order valence-electron chi connectivity index (χ3n) is 2.55. The Morgan fingerprint density at radius 3 is 2.30 bits per heavy atom. The predicted molar refractivity (Wildman–Crippen MR) is 36.7 cm³/mol. The van der Waals surface area contributed by atoms with Gasteiger partial charge < -0.3 is 4.74 Å². The first-order chi connectivity index (χ1) is 4.88. The molecular formula is C8H12O2. The lowest BCUT2D eigenvalue weighted by Crippen LogP contribution is -2.39. The van der Waals surface area contributed by atoms with E-state index in [9.17, 15) is 4.79 Å². The highest BCUT2D eigenvalue weighted by Crippen LogP contribution is 2.29. The fourth-order valence-corrected chi connectivity index (χ4v) is 1.91. The van der Waals surface area contributed by atoms with Crippen LogP contribution >= 0.6 is 0 Å². The molecule has 0 N–H and O–H groups in total. The molecule has 1 aliphatic heterocycles. The van der Waals surface area contributed by atoms with Crippen LogP contribution < -0.4 is 0 Å². The zero-order valence-corrected chi connectivity index (χ0v) is 6.01. The average Bonchev–Trinajstić information content (AvgIpc) is 1.86. The van der Waals surface area contributed by atoms with Gasteiger partial charge in [0.05, 0.1) is 13.2 Å². The van der Waals surface area contributed by atoms with Gasteiger partial charge in [0.2, 0.25) is 0 Å². The minimum atomic E-state index is 0.257. The number of carbonyl (C=O) groups excluding carboxylic acids is 1. The summed E-state index contributed by atoms with van der Waals surface area (Å²) in [5.41, 5.74) is 0. The van der Waals surface area contributed by atoms with Gasteiger partial charge in [-0.1, -0.05) is 6.42 Å². The summed E-state index contributed by atoms with van der Waals surface area (Å²) in [7, 11) is 0. The fourth-order valence-electron chi connectivity index (χ4n) is 1.91. The molecule has 2 atom stereocenters. The van der Waals surface area contributed by atoms with Crippen LogP contribution in [0.3, 0.4) is 0 Å². The maximum absolute atomic E-state index is 11.3. The first kappa shape index (κ1) is 6.35. The molecule has 10 heavy (non-hydrogen) atoms. The molecule has 0 radical (unpaired) electrons. The molecule has 0 amide bonds. The van der Waals surface area contributed by atoms with Crippen molar-refractivity contribution in [2.45, 2.75) is 19.3 Å². The van der Waals surface area contributed by atoms with E-state index in [0.717, 1.165) is 12.8 Å². The summed E-state index contributed by atoms with van der Waals surface area (Å²) < 4.78 is 5.29. The second-order valence-electron chi connectivity index (χ2n) is 3.26. The van der Waals surface area contributed by atoms with E-state index in [2.05, 4.69) is 0 Å². The molecule has 2 fully saturated rings. The zero-order valence-electron chi connectivity index (χ0n) is 6.01. The molecule has 1 heterocycles. The van der Waals surface area contributed by atoms with Crippen LogP contribution in [0.15, 0.2) is 0 Å². The van der Waals surface area contributed by atoms with Crippen molar-refractivity contribution in [2.75, 3.05) is 13.2 Å². The van der Waals surface area contributed by atoms with Crippen LogP contribution in [-0.4, -0.2) is 19.0 Å². The SMILES string of the molecule is O=C1[C@@H]2CCC[C@@H]1COC2. The zero-order chi connectivity index (χ0) is 6.97. The van der Waals surface area contributed by atoms with Gasteiger partial charge in [0, 0.05) is 11.8 Å². The highest BCUT2D eigenvalue weighted by molar-refractivity contribution is 5.84. The Bertz CT molecular complexity index is 129. The predicted octanol–water partition coefficient (Wildman–Crippen LogP) is 1.00. The molecule has 2 heteroatoms. The third kappa shape index (κ3) is 0.870. The van der Waals surface area contributed by atoms with Gasteiger partial charge in [-0.25, -0.2) is 0 Å². The monoisotopic (exact) mass is 140 g/mol. The van der Waals surface area contributed by atoms with E-state index in [0.29, 0.717) is 19.0 Å². The molecule has 2 rings (SSSR count). The second-order valence-corrected chi connectivity index (χ2v) is 3.26. The number of hydrogen-bond donors (Lipinski definition) is 0. The van der Waals surface area contributed by atoms with Crippen molar-refractivity contribution < 1.29 is 9.53 Å². The normalized spacial score (nSPS) is 39.8. The van der Waals surface area contributed by atoms with E-state index in [4.69, 9.17) is 4.74 Å². The molecule has 0 spiro atoms. The number of ketones is 1. The Morgan fingerprint density at radius 1 is 1.20 bits per heavy atom. The van der Waals surface area contributed by atoms with E-state index in [1.165, 1.54) is 6.42 Å². The van der Waals surface area contributed by atoms with E-state index >= 15 is 0 Å². The van der Waals surface area contributed by atoms with Gasteiger partial charge in [-0.05, 0) is 12.8 Å². The van der Waals surface area contributed by atoms with Gasteiger partial charge >= 0.3 is 0 Å². The first-order valence-electron chi connectivity index (χ1n) is 3.99. The van der Waals surface area contributed by atoms with Crippen molar-refractivity contribution in [3.63, 3.8) is 0 Å². The topological polar surface area (TPSA) is 26.3 Å². The lowest BCUT2D eigenvalue weighted by Gasteiger charge is -2.32. The van der Waals surface area contributed by atoms with Crippen LogP contribution in [0, 0.1) is 11.8 Å². The maximum atomic E-state index is 11.3. The molecule has 2 aliphatic rings. The number of carbonyl (C=O) groups is 1. The van der Waals surface area contributed by atoms with Crippen LogP contribution in [0.1, 0.15) is 19.3 Å². The molecule has 2 bridgehead atoms. The van der Waals surface area contributed by atoms with Gasteiger partial charge in [-0.15, -0.1) is 0 Å². The van der Waals surface area contributed by atoms with Crippen molar-refractivity contribution in [1.82, 2.24) is 0 Å². The standard InChI is InChI=1S/C8H12O2/c9-8-6-2-1-3-7(8)5-10-4-6/h6-7H,1-5H2/t6-,7-/m1/s1. The molecule has 0 aromatic carbocycles. The lowest BCUT2D eigenvalue weighted by atomic mass is 9.79. The van der Waals surface area contributed by atoms with Gasteiger partial charge in [-0.3, -0.25) is 4.79 Å². The van der Waals surface area contributed by atoms with Gasteiger partial charge in [0.25, 0.3) is 0 Å². The fraction of sp³-hybridized carbons (Fsp3) is 0.875. The highest BCUT2D eigenvalue weighted by atomic mass is 16.5. The average molecular weight is 140 g/mol. The number of ether oxygens (including phenoxy) is 1. The summed E-state index contributed by atoms with van der Waals surface area (Å²) in [6.07, 6.45) is 3.36. The maximum Gasteiger partial charge on any atom is 0.143 e. The summed E-state index contributed by atoms with van der Waals surface area (Å²) in [5, 5.41) is 0. The summed E-state index contributed by atoms with van der Waals surface area (Å²) in [5.74, 6) is 0.984. The highest BCUT2D eigenvalue weighted by Gasteiger charge is 2.34. The van der Waals surface area contributed by atoms with Crippen LogP contribution in [-0.2, 0) is 9.53 Å². The van der Waals surface area contributed by atoms with Crippen LogP contribution in [0.4, 0.5) is 0 Å². The van der Waals surface area contributed by atoms with Crippen LogP contribution in [0.5, 0.6) is 0 Å². The summed E-state index contributed by atoms with van der Waals surface area (Å²) in [6, 6.07) is 0. The van der Waals surface area contributed by atoms with Crippen molar-refractivity contribution in [3.8, 4) is 0 Å². The van der Waals surface area contributed by atoms with Gasteiger partial charge in [-0.2, -0.15) is 0 Å². The van der Waals surface area contributed by atoms with Crippen molar-refractivity contribution in [2.24, 2.45) is 11.8 Å². The summed E-state index contributed by atoms with van der Waals surface area (Å²) in [4.78, 5) is 11.3. The quantitative estimate of drug-likeness (QED) is 0.501. The van der Waals surface area contributed by atoms with Gasteiger partial charge in [0.1, 0.15) is 5.78 Å². The lowest BCUT2D eigenvalue weighted by molar-refractivity contribution is -0.140. The molecule has 0 aromatic rings. The van der Waals surface area contributed by atoms with Crippen LogP contribution in [0.2, 0.25) is 0 Å². The molecule has 1 aliphatic carbocycles. The molecule has 1 saturated heterocycles. The minimum absolute atomic E-state index is 0.257.